The molecule has 96 valence electrons. The summed E-state index contributed by atoms with van der Waals surface area (Å²) in [5.74, 6) is -0.835. The van der Waals surface area contributed by atoms with Crippen LogP contribution in [-0.2, 0) is 0 Å². The molecule has 1 aromatic carbocycles. The lowest BCUT2D eigenvalue weighted by molar-refractivity contribution is 0.0697. The molecule has 5 nitrogen and oxygen atoms in total. The molecule has 19 heavy (non-hydrogen) atoms. The van der Waals surface area contributed by atoms with Crippen LogP contribution in [0, 0.1) is 0 Å². The Balaban J connectivity index is 2.10. The van der Waals surface area contributed by atoms with E-state index in [1.807, 2.05) is 24.3 Å². The highest BCUT2D eigenvalue weighted by Crippen LogP contribution is 2.11. The quantitative estimate of drug-likeness (QED) is 0.671. The lowest BCUT2D eigenvalue weighted by Crippen LogP contribution is -2.04. The number of carboxylic acid groups (broad SMARTS) is 1. The van der Waals surface area contributed by atoms with Gasteiger partial charge in [-0.25, -0.2) is 9.78 Å². The largest absolute Gasteiger partial charge is 0.478 e. The Bertz CT molecular complexity index is 612. The van der Waals surface area contributed by atoms with Crippen LogP contribution in [0.5, 0.6) is 0 Å². The maximum absolute atomic E-state index is 11.0. The molecule has 0 aliphatic carbocycles. The molecule has 0 radical (unpaired) electrons. The van der Waals surface area contributed by atoms with Crippen molar-refractivity contribution >= 4 is 33.9 Å². The van der Waals surface area contributed by atoms with Crippen LogP contribution in [0.15, 0.2) is 52.2 Å². The predicted molar refractivity (Wildman–Crippen MR) is 76.6 cm³/mol. The number of aromatic nitrogens is 1. The van der Waals surface area contributed by atoms with E-state index in [1.165, 1.54) is 12.3 Å². The van der Waals surface area contributed by atoms with E-state index in [9.17, 15) is 4.79 Å². The number of nitrogens with zero attached hydrogens (tertiary/aromatic N) is 2. The number of nitrogens with one attached hydrogen (secondary N) is 1. The van der Waals surface area contributed by atoms with E-state index in [4.69, 9.17) is 5.11 Å². The molecular formula is C13H10BrN3O2. The van der Waals surface area contributed by atoms with E-state index >= 15 is 0 Å². The molecule has 1 aromatic heterocycles. The standard InChI is InChI=1S/C13H10BrN3O2/c14-10-5-3-9(4-6-10)8-16-17-12-11(13(18)19)2-1-7-15-12/h1-8H,(H,15,17)(H,18,19)/b16-8+. The average molecular weight is 320 g/mol. The molecule has 0 bridgehead atoms. The molecule has 0 saturated heterocycles. The van der Waals surface area contributed by atoms with Gasteiger partial charge in [0.25, 0.3) is 0 Å². The van der Waals surface area contributed by atoms with E-state index in [0.29, 0.717) is 0 Å². The van der Waals surface area contributed by atoms with Crippen LogP contribution in [-0.4, -0.2) is 22.3 Å². The highest BCUT2D eigenvalue weighted by molar-refractivity contribution is 9.10. The highest BCUT2D eigenvalue weighted by Gasteiger charge is 2.08. The van der Waals surface area contributed by atoms with Crippen molar-refractivity contribution in [3.63, 3.8) is 0 Å². The van der Waals surface area contributed by atoms with Crippen LogP contribution in [0.2, 0.25) is 0 Å². The summed E-state index contributed by atoms with van der Waals surface area (Å²) in [4.78, 5) is 14.9. The van der Waals surface area contributed by atoms with Crippen molar-refractivity contribution < 1.29 is 9.90 Å². The van der Waals surface area contributed by atoms with Crippen molar-refractivity contribution in [2.45, 2.75) is 0 Å². The second-order valence-corrected chi connectivity index (χ2v) is 4.54. The Labute approximate surface area is 118 Å². The molecule has 1 heterocycles. The maximum Gasteiger partial charge on any atom is 0.339 e. The number of hydrazone groups is 1. The molecule has 0 aliphatic rings. The van der Waals surface area contributed by atoms with Crippen LogP contribution in [0.25, 0.3) is 0 Å². The summed E-state index contributed by atoms with van der Waals surface area (Å²) in [5, 5.41) is 12.9. The van der Waals surface area contributed by atoms with E-state index in [2.05, 4.69) is 31.4 Å². The van der Waals surface area contributed by atoms with Crippen molar-refractivity contribution in [2.24, 2.45) is 5.10 Å². The number of aromatic carboxylic acids is 1. The van der Waals surface area contributed by atoms with Gasteiger partial charge < -0.3 is 5.11 Å². The van der Waals surface area contributed by atoms with E-state index in [0.717, 1.165) is 10.0 Å². The number of hydrogen-bond acceptors (Lipinski definition) is 4. The van der Waals surface area contributed by atoms with Crippen molar-refractivity contribution in [1.82, 2.24) is 4.98 Å². The van der Waals surface area contributed by atoms with Gasteiger partial charge in [-0.1, -0.05) is 28.1 Å². The van der Waals surface area contributed by atoms with Crippen molar-refractivity contribution in [2.75, 3.05) is 5.43 Å². The fraction of sp³-hybridized carbons (Fsp3) is 0. The van der Waals surface area contributed by atoms with Crippen LogP contribution < -0.4 is 5.43 Å². The third-order valence-corrected chi connectivity index (χ3v) is 2.82. The Kier molecular flexibility index (Phi) is 4.25. The molecule has 0 amide bonds. The number of hydrogen-bond donors (Lipinski definition) is 2. The van der Waals surface area contributed by atoms with Crippen molar-refractivity contribution in [1.29, 1.82) is 0 Å². The highest BCUT2D eigenvalue weighted by atomic mass is 79.9. The van der Waals surface area contributed by atoms with Gasteiger partial charge in [0.15, 0.2) is 5.82 Å². The van der Waals surface area contributed by atoms with Gasteiger partial charge in [0.05, 0.1) is 6.21 Å². The zero-order chi connectivity index (χ0) is 13.7. The van der Waals surface area contributed by atoms with Gasteiger partial charge in [-0.3, -0.25) is 5.43 Å². The Morgan fingerprint density at radius 3 is 2.74 bits per heavy atom. The molecule has 0 fully saturated rings. The van der Waals surface area contributed by atoms with Crippen molar-refractivity contribution in [3.8, 4) is 0 Å². The number of carbonyl (C=O) groups is 1. The van der Waals surface area contributed by atoms with Gasteiger partial charge in [0.2, 0.25) is 0 Å². The molecule has 0 saturated carbocycles. The second-order valence-electron chi connectivity index (χ2n) is 3.63. The summed E-state index contributed by atoms with van der Waals surface area (Å²) in [7, 11) is 0. The monoisotopic (exact) mass is 319 g/mol. The number of benzene rings is 1. The molecule has 0 aliphatic heterocycles. The predicted octanol–water partition coefficient (Wildman–Crippen LogP) is 2.99. The Hall–Kier alpha value is -2.21. The van der Waals surface area contributed by atoms with Gasteiger partial charge in [-0.2, -0.15) is 5.10 Å². The summed E-state index contributed by atoms with van der Waals surface area (Å²) in [5.41, 5.74) is 3.59. The normalized spacial score (nSPS) is 10.6. The molecular weight excluding hydrogens is 310 g/mol. The maximum atomic E-state index is 11.0. The third kappa shape index (κ3) is 3.62. The molecule has 2 aromatic rings. The molecule has 6 heteroatoms. The van der Waals surface area contributed by atoms with Crippen molar-refractivity contribution in [3.05, 3.63) is 58.2 Å². The number of carboxylic acids is 1. The first kappa shape index (κ1) is 13.2. The van der Waals surface area contributed by atoms with Gasteiger partial charge in [0, 0.05) is 10.7 Å². The molecule has 2 N–H and O–H groups in total. The van der Waals surface area contributed by atoms with Gasteiger partial charge in [0.1, 0.15) is 5.56 Å². The summed E-state index contributed by atoms with van der Waals surface area (Å²) < 4.78 is 0.982. The second kappa shape index (κ2) is 6.10. The third-order valence-electron chi connectivity index (χ3n) is 2.29. The SMILES string of the molecule is O=C(O)c1cccnc1N/N=C/c1ccc(Br)cc1. The van der Waals surface area contributed by atoms with Gasteiger partial charge in [-0.05, 0) is 29.8 Å². The topological polar surface area (TPSA) is 74.6 Å². The first-order chi connectivity index (χ1) is 9.16. The van der Waals surface area contributed by atoms with Crippen LogP contribution >= 0.6 is 15.9 Å². The van der Waals surface area contributed by atoms with E-state index < -0.39 is 5.97 Å². The Morgan fingerprint density at radius 1 is 1.32 bits per heavy atom. The molecule has 0 unspecified atom stereocenters. The van der Waals surface area contributed by atoms with Gasteiger partial charge in [-0.15, -0.1) is 0 Å². The van der Waals surface area contributed by atoms with Gasteiger partial charge >= 0.3 is 5.97 Å². The van der Waals surface area contributed by atoms with E-state index in [1.54, 1.807) is 12.3 Å². The van der Waals surface area contributed by atoms with Crippen LogP contribution in [0.4, 0.5) is 5.82 Å². The van der Waals surface area contributed by atoms with E-state index in [-0.39, 0.29) is 11.4 Å². The molecule has 0 spiro atoms. The summed E-state index contributed by atoms with van der Waals surface area (Å²) in [6.07, 6.45) is 3.09. The summed E-state index contributed by atoms with van der Waals surface area (Å²) >= 11 is 3.34. The average Bonchev–Trinajstić information content (AvgIpc) is 2.41. The summed E-state index contributed by atoms with van der Waals surface area (Å²) in [6.45, 7) is 0. The minimum Gasteiger partial charge on any atom is -0.478 e. The first-order valence-electron chi connectivity index (χ1n) is 5.40. The Morgan fingerprint density at radius 2 is 2.05 bits per heavy atom. The zero-order valence-corrected chi connectivity index (χ0v) is 11.3. The zero-order valence-electron chi connectivity index (χ0n) is 9.75. The fourth-order valence-corrected chi connectivity index (χ4v) is 1.65. The number of anilines is 1. The lowest BCUT2D eigenvalue weighted by atomic mass is 10.2. The number of pyridine rings is 1. The fourth-order valence-electron chi connectivity index (χ4n) is 1.38. The molecule has 0 atom stereocenters. The smallest absolute Gasteiger partial charge is 0.339 e. The van der Waals surface area contributed by atoms with Crippen LogP contribution in [0.1, 0.15) is 15.9 Å². The first-order valence-corrected chi connectivity index (χ1v) is 6.19. The minimum atomic E-state index is -1.05. The molecule has 2 rings (SSSR count). The summed E-state index contributed by atoms with van der Waals surface area (Å²) in [6, 6.07) is 10.6. The minimum absolute atomic E-state index is 0.0791. The lowest BCUT2D eigenvalue weighted by Gasteiger charge is -2.02. The van der Waals surface area contributed by atoms with Crippen LogP contribution in [0.3, 0.4) is 0 Å². The number of halogens is 1. The number of rotatable bonds is 4.